The van der Waals surface area contributed by atoms with E-state index in [9.17, 15) is 0 Å². The molecule has 1 aliphatic heterocycles. The van der Waals surface area contributed by atoms with Crippen molar-refractivity contribution in [2.24, 2.45) is 17.1 Å². The van der Waals surface area contributed by atoms with Gasteiger partial charge >= 0.3 is 0 Å². The fraction of sp³-hybridized carbons (Fsp3) is 0.571. The molecular weight excluding hydrogens is 196 g/mol. The maximum absolute atomic E-state index is 6.43. The second-order valence-electron chi connectivity index (χ2n) is 4.79. The first-order valence-corrected chi connectivity index (χ1v) is 5.99. The summed E-state index contributed by atoms with van der Waals surface area (Å²) < 4.78 is 0. The van der Waals surface area contributed by atoms with Crippen molar-refractivity contribution in [2.45, 2.75) is 25.3 Å². The van der Waals surface area contributed by atoms with E-state index in [1.54, 1.807) is 0 Å². The van der Waals surface area contributed by atoms with Gasteiger partial charge in [-0.25, -0.2) is 0 Å². The summed E-state index contributed by atoms with van der Waals surface area (Å²) in [5.74, 6) is 0.478. The third-order valence-electron chi connectivity index (χ3n) is 3.67. The lowest BCUT2D eigenvalue weighted by Crippen LogP contribution is -2.58. The van der Waals surface area contributed by atoms with E-state index in [0.29, 0.717) is 5.92 Å². The van der Waals surface area contributed by atoms with Gasteiger partial charge in [0.15, 0.2) is 0 Å². The predicted octanol–water partition coefficient (Wildman–Crippen LogP) is 2.25. The molecule has 1 rings (SSSR count). The van der Waals surface area contributed by atoms with Crippen molar-refractivity contribution in [3.8, 4) is 0 Å². The van der Waals surface area contributed by atoms with Crippen LogP contribution >= 0.6 is 0 Å². The van der Waals surface area contributed by atoms with Crippen molar-refractivity contribution in [1.82, 2.24) is 5.32 Å². The molecule has 1 saturated heterocycles. The largest absolute Gasteiger partial charge is 0.327 e. The molecule has 2 heteroatoms. The second-order valence-corrected chi connectivity index (χ2v) is 4.79. The van der Waals surface area contributed by atoms with Gasteiger partial charge in [0.25, 0.3) is 0 Å². The van der Waals surface area contributed by atoms with E-state index in [4.69, 9.17) is 5.73 Å². The Morgan fingerprint density at radius 1 is 1.19 bits per heavy atom. The fourth-order valence-electron chi connectivity index (χ4n) is 2.77. The lowest BCUT2D eigenvalue weighted by molar-refractivity contribution is 0.124. The molecule has 0 radical (unpaired) electrons. The molecule has 2 unspecified atom stereocenters. The number of hydrogen-bond donors (Lipinski definition) is 2. The number of nitrogens with one attached hydrogen (secondary N) is 1. The topological polar surface area (TPSA) is 38.0 Å². The Hall–Kier alpha value is -0.860. The molecule has 16 heavy (non-hydrogen) atoms. The standard InChI is InChI=1S/C14H24N2/c1-4-7-12-10-16-11-14(8-5-2,9-6-3)13(12)15/h4-6,12-13,16H,1-3,7-11,15H2. The monoisotopic (exact) mass is 220 g/mol. The van der Waals surface area contributed by atoms with Crippen LogP contribution in [0.4, 0.5) is 0 Å². The van der Waals surface area contributed by atoms with Crippen molar-refractivity contribution in [1.29, 1.82) is 0 Å². The summed E-state index contributed by atoms with van der Waals surface area (Å²) in [6.07, 6.45) is 8.78. The predicted molar refractivity (Wildman–Crippen MR) is 71.2 cm³/mol. The van der Waals surface area contributed by atoms with E-state index in [1.807, 2.05) is 18.2 Å². The summed E-state index contributed by atoms with van der Waals surface area (Å²) in [7, 11) is 0. The highest BCUT2D eigenvalue weighted by atomic mass is 14.9. The van der Waals surface area contributed by atoms with E-state index < -0.39 is 0 Å². The number of allylic oxidation sites excluding steroid dienone is 3. The molecule has 0 saturated carbocycles. The van der Waals surface area contributed by atoms with Crippen molar-refractivity contribution in [2.75, 3.05) is 13.1 Å². The van der Waals surface area contributed by atoms with E-state index in [1.165, 1.54) is 0 Å². The van der Waals surface area contributed by atoms with Gasteiger partial charge in [-0.2, -0.15) is 0 Å². The minimum atomic E-state index is 0.0927. The van der Waals surface area contributed by atoms with Crippen LogP contribution in [0.25, 0.3) is 0 Å². The lowest BCUT2D eigenvalue weighted by Gasteiger charge is -2.46. The zero-order chi connectivity index (χ0) is 12.0. The van der Waals surface area contributed by atoms with Gasteiger partial charge in [0.05, 0.1) is 0 Å². The molecular formula is C14H24N2. The summed E-state index contributed by atoms with van der Waals surface area (Å²) in [6.45, 7) is 13.5. The third kappa shape index (κ3) is 2.63. The summed E-state index contributed by atoms with van der Waals surface area (Å²) in [6, 6.07) is 0.197. The first-order chi connectivity index (χ1) is 7.70. The Morgan fingerprint density at radius 2 is 1.81 bits per heavy atom. The van der Waals surface area contributed by atoms with Crippen LogP contribution in [0.15, 0.2) is 38.0 Å². The van der Waals surface area contributed by atoms with Crippen molar-refractivity contribution >= 4 is 0 Å². The molecule has 0 aliphatic carbocycles. The van der Waals surface area contributed by atoms with Gasteiger partial charge in [-0.15, -0.1) is 19.7 Å². The zero-order valence-corrected chi connectivity index (χ0v) is 10.1. The minimum absolute atomic E-state index is 0.0927. The second kappa shape index (κ2) is 6.02. The smallest absolute Gasteiger partial charge is 0.0157 e. The van der Waals surface area contributed by atoms with Gasteiger partial charge in [-0.3, -0.25) is 0 Å². The summed E-state index contributed by atoms with van der Waals surface area (Å²) in [4.78, 5) is 0. The number of rotatable bonds is 6. The van der Waals surface area contributed by atoms with Crippen LogP contribution in [-0.2, 0) is 0 Å². The Labute approximate surface area is 99.3 Å². The highest BCUT2D eigenvalue weighted by Crippen LogP contribution is 2.37. The molecule has 3 N–H and O–H groups in total. The molecule has 0 bridgehead atoms. The first-order valence-electron chi connectivity index (χ1n) is 5.99. The van der Waals surface area contributed by atoms with Crippen LogP contribution in [0, 0.1) is 11.3 Å². The van der Waals surface area contributed by atoms with Crippen LogP contribution in [0.1, 0.15) is 19.3 Å². The third-order valence-corrected chi connectivity index (χ3v) is 3.67. The average Bonchev–Trinajstić information content (AvgIpc) is 2.26. The molecule has 0 spiro atoms. The molecule has 0 aromatic rings. The fourth-order valence-corrected chi connectivity index (χ4v) is 2.77. The molecule has 0 aromatic carbocycles. The highest BCUT2D eigenvalue weighted by molar-refractivity contribution is 5.05. The Bertz CT molecular complexity index is 247. The van der Waals surface area contributed by atoms with Crippen molar-refractivity contribution in [3.63, 3.8) is 0 Å². The van der Waals surface area contributed by atoms with E-state index >= 15 is 0 Å². The van der Waals surface area contributed by atoms with Gasteiger partial charge in [0.2, 0.25) is 0 Å². The van der Waals surface area contributed by atoms with Crippen LogP contribution in [0.2, 0.25) is 0 Å². The first kappa shape index (κ1) is 13.2. The van der Waals surface area contributed by atoms with Crippen LogP contribution < -0.4 is 11.1 Å². The summed E-state index contributed by atoms with van der Waals surface area (Å²) in [5, 5.41) is 3.49. The Morgan fingerprint density at radius 3 is 2.31 bits per heavy atom. The van der Waals surface area contributed by atoms with E-state index in [-0.39, 0.29) is 11.5 Å². The molecule has 0 aromatic heterocycles. The van der Waals surface area contributed by atoms with E-state index in [0.717, 1.165) is 32.4 Å². The number of nitrogens with two attached hydrogens (primary N) is 1. The molecule has 2 atom stereocenters. The van der Waals surface area contributed by atoms with Gasteiger partial charge in [-0.1, -0.05) is 18.2 Å². The molecule has 1 aliphatic rings. The van der Waals surface area contributed by atoms with Gasteiger partial charge < -0.3 is 11.1 Å². The zero-order valence-electron chi connectivity index (χ0n) is 10.1. The Balaban J connectivity index is 2.83. The number of piperidine rings is 1. The quantitative estimate of drug-likeness (QED) is 0.674. The highest BCUT2D eigenvalue weighted by Gasteiger charge is 2.41. The maximum Gasteiger partial charge on any atom is 0.0157 e. The van der Waals surface area contributed by atoms with Gasteiger partial charge in [0.1, 0.15) is 0 Å². The van der Waals surface area contributed by atoms with Gasteiger partial charge in [0, 0.05) is 18.0 Å². The molecule has 2 nitrogen and oxygen atoms in total. The molecule has 1 fully saturated rings. The summed E-state index contributed by atoms with van der Waals surface area (Å²) >= 11 is 0. The minimum Gasteiger partial charge on any atom is -0.327 e. The van der Waals surface area contributed by atoms with Gasteiger partial charge in [-0.05, 0) is 31.7 Å². The van der Waals surface area contributed by atoms with E-state index in [2.05, 4.69) is 25.1 Å². The number of hydrogen-bond acceptors (Lipinski definition) is 2. The SMILES string of the molecule is C=CCC1CNCC(CC=C)(CC=C)C1N. The lowest BCUT2D eigenvalue weighted by atomic mass is 9.67. The van der Waals surface area contributed by atoms with Crippen molar-refractivity contribution in [3.05, 3.63) is 38.0 Å². The average molecular weight is 220 g/mol. The Kier molecular flexibility index (Phi) is 4.97. The van der Waals surface area contributed by atoms with Crippen LogP contribution in [0.5, 0.6) is 0 Å². The molecule has 0 amide bonds. The summed E-state index contributed by atoms with van der Waals surface area (Å²) in [5.41, 5.74) is 6.53. The molecule has 90 valence electrons. The maximum atomic E-state index is 6.43. The van der Waals surface area contributed by atoms with Crippen molar-refractivity contribution < 1.29 is 0 Å². The van der Waals surface area contributed by atoms with Crippen LogP contribution in [0.3, 0.4) is 0 Å². The van der Waals surface area contributed by atoms with Crippen LogP contribution in [-0.4, -0.2) is 19.1 Å². The normalized spacial score (nSPS) is 28.3. The molecule has 1 heterocycles.